The van der Waals surface area contributed by atoms with E-state index in [1.54, 1.807) is 12.1 Å². The maximum absolute atomic E-state index is 12.7. The third-order valence-electron chi connectivity index (χ3n) is 4.81. The zero-order valence-corrected chi connectivity index (χ0v) is 18.6. The average Bonchev–Trinajstić information content (AvgIpc) is 2.76. The molecule has 15 heteroatoms. The standard InChI is InChI=1S/C19H21N7O7S/c1-26(13(18(29)30)6-7-34(31,32)33)17(28)10-2-4-11(5-3-10)21-8-12-9-22-15-14(23-12)16(27)25-19(20)24-15/h2-5,9,13,21H,6-8H2,1H3,(H,29,30)(H,31,32,33)(H3,20,22,24,25,27). The molecule has 0 aliphatic heterocycles. The number of hydrogen-bond donors (Lipinski definition) is 5. The van der Waals surface area contributed by atoms with Crippen molar-refractivity contribution in [3.63, 3.8) is 0 Å². The molecule has 34 heavy (non-hydrogen) atoms. The van der Waals surface area contributed by atoms with E-state index in [0.717, 1.165) is 4.90 Å². The normalized spacial score (nSPS) is 12.3. The Hall–Kier alpha value is -4.11. The van der Waals surface area contributed by atoms with Crippen molar-refractivity contribution < 1.29 is 27.7 Å². The number of anilines is 2. The van der Waals surface area contributed by atoms with Crippen LogP contribution in [-0.4, -0.2) is 73.6 Å². The monoisotopic (exact) mass is 491 g/mol. The van der Waals surface area contributed by atoms with Gasteiger partial charge in [-0.15, -0.1) is 0 Å². The number of carboxylic acids is 1. The quantitative estimate of drug-likeness (QED) is 0.244. The predicted octanol–water partition coefficient (Wildman–Crippen LogP) is -0.289. The Morgan fingerprint density at radius 3 is 2.53 bits per heavy atom. The summed E-state index contributed by atoms with van der Waals surface area (Å²) in [6, 6.07) is 4.65. The Bertz CT molecular complexity index is 1390. The van der Waals surface area contributed by atoms with Crippen LogP contribution in [-0.2, 0) is 21.5 Å². The number of nitrogens with two attached hydrogens (primary N) is 1. The first-order chi connectivity index (χ1) is 15.9. The largest absolute Gasteiger partial charge is 0.480 e. The van der Waals surface area contributed by atoms with Crippen LogP contribution >= 0.6 is 0 Å². The number of H-pyrrole nitrogens is 1. The fourth-order valence-corrected chi connectivity index (χ4v) is 3.59. The number of nitrogen functional groups attached to an aromatic ring is 1. The summed E-state index contributed by atoms with van der Waals surface area (Å²) < 4.78 is 30.7. The summed E-state index contributed by atoms with van der Waals surface area (Å²) in [7, 11) is -3.14. The van der Waals surface area contributed by atoms with Crippen molar-refractivity contribution in [1.82, 2.24) is 24.8 Å². The van der Waals surface area contributed by atoms with E-state index in [1.807, 2.05) is 0 Å². The van der Waals surface area contributed by atoms with Crippen LogP contribution in [0, 0.1) is 0 Å². The van der Waals surface area contributed by atoms with Gasteiger partial charge in [0.1, 0.15) is 6.04 Å². The van der Waals surface area contributed by atoms with Crippen LogP contribution in [0.3, 0.4) is 0 Å². The summed E-state index contributed by atoms with van der Waals surface area (Å²) >= 11 is 0. The number of likely N-dealkylation sites (N-methyl/N-ethyl adjacent to an activating group) is 1. The summed E-state index contributed by atoms with van der Waals surface area (Å²) in [5.74, 6) is -2.89. The molecule has 3 rings (SSSR count). The number of nitrogens with one attached hydrogen (secondary N) is 2. The van der Waals surface area contributed by atoms with Gasteiger partial charge >= 0.3 is 5.97 Å². The minimum Gasteiger partial charge on any atom is -0.480 e. The van der Waals surface area contributed by atoms with Crippen LogP contribution in [0.2, 0.25) is 0 Å². The minimum absolute atomic E-state index is 0.0412. The van der Waals surface area contributed by atoms with Gasteiger partial charge in [0.25, 0.3) is 21.6 Å². The number of aromatic amines is 1. The predicted molar refractivity (Wildman–Crippen MR) is 121 cm³/mol. The van der Waals surface area contributed by atoms with Gasteiger partial charge in [-0.3, -0.25) is 19.1 Å². The number of carboxylic acid groups (broad SMARTS) is 1. The van der Waals surface area contributed by atoms with E-state index in [2.05, 4.69) is 25.3 Å². The van der Waals surface area contributed by atoms with Gasteiger partial charge in [-0.05, 0) is 30.7 Å². The molecule has 0 aliphatic carbocycles. The van der Waals surface area contributed by atoms with Gasteiger partial charge in [0.15, 0.2) is 11.2 Å². The molecule has 2 aromatic heterocycles. The second-order valence-corrected chi connectivity index (χ2v) is 8.83. The number of hydrogen-bond acceptors (Lipinski definition) is 10. The zero-order valence-electron chi connectivity index (χ0n) is 17.8. The zero-order chi connectivity index (χ0) is 25.0. The third-order valence-corrected chi connectivity index (χ3v) is 5.57. The van der Waals surface area contributed by atoms with Gasteiger partial charge in [-0.1, -0.05) is 0 Å². The highest BCUT2D eigenvalue weighted by atomic mass is 32.2. The number of carbonyl (C=O) groups excluding carboxylic acids is 1. The average molecular weight is 491 g/mol. The fraction of sp³-hybridized carbons (Fsp3) is 0.263. The summed E-state index contributed by atoms with van der Waals surface area (Å²) in [6.07, 6.45) is 0.973. The molecule has 1 aromatic carbocycles. The lowest BCUT2D eigenvalue weighted by Gasteiger charge is -2.24. The first-order valence-electron chi connectivity index (χ1n) is 9.75. The van der Waals surface area contributed by atoms with Gasteiger partial charge in [-0.25, -0.2) is 14.8 Å². The van der Waals surface area contributed by atoms with Crippen molar-refractivity contribution in [1.29, 1.82) is 0 Å². The van der Waals surface area contributed by atoms with E-state index < -0.39 is 45.8 Å². The molecule has 3 aromatic rings. The molecule has 1 atom stereocenters. The van der Waals surface area contributed by atoms with Crippen LogP contribution in [0.4, 0.5) is 11.6 Å². The molecule has 2 heterocycles. The van der Waals surface area contributed by atoms with E-state index in [0.29, 0.717) is 11.4 Å². The topological polar surface area (TPSA) is 222 Å². The van der Waals surface area contributed by atoms with Gasteiger partial charge in [0.05, 0.1) is 24.2 Å². The highest BCUT2D eigenvalue weighted by Gasteiger charge is 2.28. The molecular weight excluding hydrogens is 470 g/mol. The Morgan fingerprint density at radius 2 is 1.91 bits per heavy atom. The van der Waals surface area contributed by atoms with E-state index in [-0.39, 0.29) is 29.2 Å². The van der Waals surface area contributed by atoms with Gasteiger partial charge < -0.3 is 21.1 Å². The van der Waals surface area contributed by atoms with Crippen molar-refractivity contribution in [2.24, 2.45) is 0 Å². The number of benzene rings is 1. The molecule has 0 bridgehead atoms. The van der Waals surface area contributed by atoms with Crippen LogP contribution in [0.1, 0.15) is 22.5 Å². The van der Waals surface area contributed by atoms with Crippen LogP contribution in [0.5, 0.6) is 0 Å². The second kappa shape index (κ2) is 9.80. The number of aromatic nitrogens is 4. The summed E-state index contributed by atoms with van der Waals surface area (Å²) in [5, 5.41) is 12.4. The number of fused-ring (bicyclic) bond motifs is 1. The lowest BCUT2D eigenvalue weighted by Crippen LogP contribution is -2.43. The van der Waals surface area contributed by atoms with E-state index in [1.165, 1.54) is 25.4 Å². The molecule has 0 saturated carbocycles. The minimum atomic E-state index is -4.38. The maximum Gasteiger partial charge on any atom is 0.326 e. The molecule has 1 unspecified atom stereocenters. The summed E-state index contributed by atoms with van der Waals surface area (Å²) in [4.78, 5) is 51.5. The summed E-state index contributed by atoms with van der Waals surface area (Å²) in [6.45, 7) is 0.205. The van der Waals surface area contributed by atoms with Gasteiger partial charge in [0, 0.05) is 18.3 Å². The van der Waals surface area contributed by atoms with E-state index >= 15 is 0 Å². The van der Waals surface area contributed by atoms with Crippen molar-refractivity contribution >= 4 is 44.8 Å². The van der Waals surface area contributed by atoms with Crippen LogP contribution < -0.4 is 16.6 Å². The SMILES string of the molecule is CN(C(=O)c1ccc(NCc2cnc3nc(N)[nH]c(=O)c3n2)cc1)C(CCS(=O)(=O)O)C(=O)O. The molecule has 0 radical (unpaired) electrons. The number of aliphatic carboxylic acids is 1. The van der Waals surface area contributed by atoms with Crippen LogP contribution in [0.15, 0.2) is 35.3 Å². The van der Waals surface area contributed by atoms with Crippen molar-refractivity contribution in [2.45, 2.75) is 19.0 Å². The smallest absolute Gasteiger partial charge is 0.326 e. The molecule has 1 amide bonds. The van der Waals surface area contributed by atoms with Gasteiger partial charge in [-0.2, -0.15) is 13.4 Å². The lowest BCUT2D eigenvalue weighted by atomic mass is 10.1. The molecule has 0 fully saturated rings. The first-order valence-corrected chi connectivity index (χ1v) is 11.4. The van der Waals surface area contributed by atoms with Gasteiger partial charge in [0.2, 0.25) is 5.95 Å². The molecule has 6 N–H and O–H groups in total. The van der Waals surface area contributed by atoms with Crippen molar-refractivity contribution in [3.05, 3.63) is 52.1 Å². The molecule has 0 spiro atoms. The molecule has 0 aliphatic rings. The fourth-order valence-electron chi connectivity index (χ4n) is 3.07. The molecule has 14 nitrogen and oxygen atoms in total. The number of nitrogens with zero attached hydrogens (tertiary/aromatic N) is 4. The van der Waals surface area contributed by atoms with E-state index in [9.17, 15) is 27.9 Å². The summed E-state index contributed by atoms with van der Waals surface area (Å²) in [5.41, 5.74) is 6.35. The van der Waals surface area contributed by atoms with Crippen molar-refractivity contribution in [2.75, 3.05) is 23.9 Å². The lowest BCUT2D eigenvalue weighted by molar-refractivity contribution is -0.142. The van der Waals surface area contributed by atoms with Crippen LogP contribution in [0.25, 0.3) is 11.2 Å². The second-order valence-electron chi connectivity index (χ2n) is 7.26. The highest BCUT2D eigenvalue weighted by molar-refractivity contribution is 7.85. The Morgan fingerprint density at radius 1 is 1.24 bits per heavy atom. The Labute approximate surface area is 192 Å². The highest BCUT2D eigenvalue weighted by Crippen LogP contribution is 2.15. The number of amides is 1. The number of carbonyl (C=O) groups is 2. The number of rotatable bonds is 9. The molecule has 0 saturated heterocycles. The molecular formula is C19H21N7O7S. The first kappa shape index (κ1) is 24.5. The Kier molecular flexibility index (Phi) is 7.07. The maximum atomic E-state index is 12.7. The molecule has 180 valence electrons. The third kappa shape index (κ3) is 6.02. The van der Waals surface area contributed by atoms with E-state index in [4.69, 9.17) is 10.3 Å². The Balaban J connectivity index is 1.67. The van der Waals surface area contributed by atoms with Crippen molar-refractivity contribution in [3.8, 4) is 0 Å².